The molecule has 98 valence electrons. The third-order valence-electron chi connectivity index (χ3n) is 2.34. The van der Waals surface area contributed by atoms with Crippen molar-refractivity contribution in [3.8, 4) is 0 Å². The molecule has 0 atom stereocenters. The van der Waals surface area contributed by atoms with Gasteiger partial charge < -0.3 is 5.73 Å². The quantitative estimate of drug-likeness (QED) is 0.508. The van der Waals surface area contributed by atoms with Crippen molar-refractivity contribution in [3.63, 3.8) is 0 Å². The van der Waals surface area contributed by atoms with Gasteiger partial charge in [-0.3, -0.25) is 20.2 Å². The van der Waals surface area contributed by atoms with Gasteiger partial charge in [0.25, 0.3) is 5.91 Å². The molecule has 1 heterocycles. The molecule has 2 rings (SSSR count). The van der Waals surface area contributed by atoms with E-state index in [9.17, 15) is 14.9 Å². The number of hydrogen-bond donors (Lipinski definition) is 2. The number of amides is 1. The zero-order valence-electron chi connectivity index (χ0n) is 9.91. The molecule has 19 heavy (non-hydrogen) atoms. The molecular weight excluding hydrogens is 268 g/mol. The molecule has 0 spiro atoms. The second-order valence-corrected chi connectivity index (χ2v) is 4.97. The lowest BCUT2D eigenvalue weighted by molar-refractivity contribution is -0.384. The van der Waals surface area contributed by atoms with E-state index in [1.54, 1.807) is 6.20 Å². The zero-order chi connectivity index (χ0) is 14.0. The van der Waals surface area contributed by atoms with Crippen LogP contribution in [0.15, 0.2) is 24.4 Å². The molecule has 0 radical (unpaired) electrons. The van der Waals surface area contributed by atoms with Crippen LogP contribution in [0.4, 0.5) is 16.5 Å². The lowest BCUT2D eigenvalue weighted by atomic mass is 10.1. The van der Waals surface area contributed by atoms with Gasteiger partial charge in [-0.25, -0.2) is 4.98 Å². The Balaban J connectivity index is 2.34. The van der Waals surface area contributed by atoms with E-state index >= 15 is 0 Å². The average molecular weight is 278 g/mol. The zero-order valence-corrected chi connectivity index (χ0v) is 10.7. The first-order chi connectivity index (χ1) is 8.99. The number of carbonyl (C=O) groups is 1. The van der Waals surface area contributed by atoms with Crippen LogP contribution in [0.5, 0.6) is 0 Å². The van der Waals surface area contributed by atoms with Crippen molar-refractivity contribution in [2.75, 3.05) is 11.1 Å². The largest absolute Gasteiger partial charge is 0.393 e. The number of anilines is 2. The SMILES string of the molecule is Cc1cnc(NC(=O)c2cccc(N)c2[N+](=O)[O-])s1. The number of nitrogens with zero attached hydrogens (tertiary/aromatic N) is 2. The van der Waals surface area contributed by atoms with Crippen LogP contribution in [0.25, 0.3) is 0 Å². The van der Waals surface area contributed by atoms with Crippen molar-refractivity contribution in [2.45, 2.75) is 6.92 Å². The van der Waals surface area contributed by atoms with Gasteiger partial charge in [-0.2, -0.15) is 0 Å². The van der Waals surface area contributed by atoms with Crippen LogP contribution in [-0.2, 0) is 0 Å². The van der Waals surface area contributed by atoms with E-state index in [-0.39, 0.29) is 11.3 Å². The summed E-state index contributed by atoms with van der Waals surface area (Å²) >= 11 is 1.29. The second kappa shape index (κ2) is 5.02. The van der Waals surface area contributed by atoms with Gasteiger partial charge in [-0.15, -0.1) is 11.3 Å². The average Bonchev–Trinajstić information content (AvgIpc) is 2.73. The van der Waals surface area contributed by atoms with Crippen molar-refractivity contribution < 1.29 is 9.72 Å². The van der Waals surface area contributed by atoms with Gasteiger partial charge in [0.15, 0.2) is 5.13 Å². The lowest BCUT2D eigenvalue weighted by Crippen LogP contribution is -2.14. The van der Waals surface area contributed by atoms with Gasteiger partial charge in [0.2, 0.25) is 0 Å². The van der Waals surface area contributed by atoms with Gasteiger partial charge in [0.1, 0.15) is 11.3 Å². The Morgan fingerprint density at radius 3 is 2.84 bits per heavy atom. The minimum Gasteiger partial charge on any atom is -0.393 e. The van der Waals surface area contributed by atoms with Crippen molar-refractivity contribution in [2.24, 2.45) is 0 Å². The molecule has 0 aliphatic heterocycles. The van der Waals surface area contributed by atoms with Gasteiger partial charge in [-0.05, 0) is 19.1 Å². The third kappa shape index (κ3) is 2.68. The molecule has 2 aromatic rings. The first-order valence-corrected chi connectivity index (χ1v) is 6.07. The maximum absolute atomic E-state index is 12.0. The maximum atomic E-state index is 12.0. The summed E-state index contributed by atoms with van der Waals surface area (Å²) in [6, 6.07) is 4.22. The van der Waals surface area contributed by atoms with E-state index in [0.29, 0.717) is 5.13 Å². The van der Waals surface area contributed by atoms with E-state index in [1.165, 1.54) is 29.5 Å². The molecule has 1 aromatic heterocycles. The fraction of sp³-hybridized carbons (Fsp3) is 0.0909. The number of rotatable bonds is 3. The highest BCUT2D eigenvalue weighted by Crippen LogP contribution is 2.27. The number of benzene rings is 1. The molecule has 0 bridgehead atoms. The molecule has 0 saturated carbocycles. The van der Waals surface area contributed by atoms with Crippen molar-refractivity contribution in [3.05, 3.63) is 45.0 Å². The summed E-state index contributed by atoms with van der Waals surface area (Å²) in [6.07, 6.45) is 1.61. The predicted octanol–water partition coefficient (Wildman–Crippen LogP) is 2.19. The molecule has 1 aromatic carbocycles. The Morgan fingerprint density at radius 1 is 1.53 bits per heavy atom. The first kappa shape index (κ1) is 13.0. The number of nitrogens with one attached hydrogen (secondary N) is 1. The van der Waals surface area contributed by atoms with Crippen LogP contribution in [0.1, 0.15) is 15.2 Å². The Kier molecular flexibility index (Phi) is 3.43. The summed E-state index contributed by atoms with van der Waals surface area (Å²) in [5, 5.41) is 13.8. The van der Waals surface area contributed by atoms with Crippen molar-refractivity contribution in [1.29, 1.82) is 0 Å². The number of aromatic nitrogens is 1. The van der Waals surface area contributed by atoms with Gasteiger partial charge in [0, 0.05) is 11.1 Å². The molecule has 0 aliphatic rings. The maximum Gasteiger partial charge on any atom is 0.304 e. The topological polar surface area (TPSA) is 111 Å². The summed E-state index contributed by atoms with van der Waals surface area (Å²) in [6.45, 7) is 1.84. The number of thiazole rings is 1. The Hall–Kier alpha value is -2.48. The van der Waals surface area contributed by atoms with Crippen LogP contribution < -0.4 is 11.1 Å². The summed E-state index contributed by atoms with van der Waals surface area (Å²) in [4.78, 5) is 27.2. The lowest BCUT2D eigenvalue weighted by Gasteiger charge is -2.04. The number of hydrogen-bond acceptors (Lipinski definition) is 6. The minimum absolute atomic E-state index is 0.0482. The van der Waals surface area contributed by atoms with E-state index in [2.05, 4.69) is 10.3 Å². The van der Waals surface area contributed by atoms with Crippen LogP contribution >= 0.6 is 11.3 Å². The molecule has 1 amide bonds. The molecule has 0 aliphatic carbocycles. The smallest absolute Gasteiger partial charge is 0.304 e. The van der Waals surface area contributed by atoms with Crippen LogP contribution in [0.2, 0.25) is 0 Å². The third-order valence-corrected chi connectivity index (χ3v) is 3.16. The van der Waals surface area contributed by atoms with Crippen molar-refractivity contribution >= 4 is 33.8 Å². The predicted molar refractivity (Wildman–Crippen MR) is 72.3 cm³/mol. The number of nitrogen functional groups attached to an aromatic ring is 1. The van der Waals surface area contributed by atoms with E-state index < -0.39 is 16.5 Å². The van der Waals surface area contributed by atoms with Crippen LogP contribution in [0, 0.1) is 17.0 Å². The number of carbonyl (C=O) groups excluding carboxylic acids is 1. The number of nitro groups is 1. The standard InChI is InChI=1S/C11H10N4O3S/c1-6-5-13-11(19-6)14-10(16)7-3-2-4-8(12)9(7)15(17)18/h2-5H,12H2,1H3,(H,13,14,16). The Bertz CT molecular complexity index is 653. The van der Waals surface area contributed by atoms with Gasteiger partial charge in [-0.1, -0.05) is 6.07 Å². The molecule has 0 unspecified atom stereocenters. The molecule has 0 fully saturated rings. The second-order valence-electron chi connectivity index (χ2n) is 3.73. The van der Waals surface area contributed by atoms with Crippen molar-refractivity contribution in [1.82, 2.24) is 4.98 Å². The molecule has 8 heteroatoms. The fourth-order valence-electron chi connectivity index (χ4n) is 1.53. The van der Waals surface area contributed by atoms with Crippen LogP contribution in [-0.4, -0.2) is 15.8 Å². The summed E-state index contributed by atoms with van der Waals surface area (Å²) in [5.74, 6) is -0.603. The monoisotopic (exact) mass is 278 g/mol. The fourth-order valence-corrected chi connectivity index (χ4v) is 2.18. The Morgan fingerprint density at radius 2 is 2.26 bits per heavy atom. The van der Waals surface area contributed by atoms with Crippen LogP contribution in [0.3, 0.4) is 0 Å². The molecular formula is C11H10N4O3S. The number of para-hydroxylation sites is 1. The highest BCUT2D eigenvalue weighted by molar-refractivity contribution is 7.15. The summed E-state index contributed by atoms with van der Waals surface area (Å²) < 4.78 is 0. The van der Waals surface area contributed by atoms with Gasteiger partial charge in [0.05, 0.1) is 4.92 Å². The molecule has 0 saturated heterocycles. The van der Waals surface area contributed by atoms with Gasteiger partial charge >= 0.3 is 5.69 Å². The minimum atomic E-state index is -0.669. The molecule has 7 nitrogen and oxygen atoms in total. The Labute approximate surface area is 112 Å². The highest BCUT2D eigenvalue weighted by Gasteiger charge is 2.23. The molecule has 3 N–H and O–H groups in total. The number of nitro benzene ring substituents is 1. The van der Waals surface area contributed by atoms with E-state index in [4.69, 9.17) is 5.73 Å². The summed E-state index contributed by atoms with van der Waals surface area (Å²) in [5.41, 5.74) is 4.99. The number of aryl methyl sites for hydroxylation is 1. The van der Waals surface area contributed by atoms with E-state index in [1.807, 2.05) is 6.92 Å². The normalized spacial score (nSPS) is 10.2. The first-order valence-electron chi connectivity index (χ1n) is 5.25. The highest BCUT2D eigenvalue weighted by atomic mass is 32.1. The number of nitrogens with two attached hydrogens (primary N) is 1. The van der Waals surface area contributed by atoms with E-state index in [0.717, 1.165) is 4.88 Å². The summed E-state index contributed by atoms with van der Waals surface area (Å²) in [7, 11) is 0.